The normalized spacial score (nSPS) is 12.2. The largest absolute Gasteiger partial charge is 0.310 e. The first-order valence-electron chi connectivity index (χ1n) is 15.6. The topological polar surface area (TPSA) is 3.24 Å². The van der Waals surface area contributed by atoms with Gasteiger partial charge in [-0.05, 0) is 129 Å². The maximum absolute atomic E-state index is 2.36. The number of nitrogens with zero attached hydrogens (tertiary/aromatic N) is 1. The molecule has 2 aliphatic carbocycles. The molecule has 0 bridgehead atoms. The Morgan fingerprint density at radius 2 is 0.786 bits per heavy atom. The first kappa shape index (κ1) is 29.4. The summed E-state index contributed by atoms with van der Waals surface area (Å²) < 4.78 is 0. The summed E-state index contributed by atoms with van der Waals surface area (Å²) in [6, 6.07) is 40.0. The first-order chi connectivity index (χ1) is 20.4. The van der Waals surface area contributed by atoms with Gasteiger partial charge in [0, 0.05) is 17.1 Å². The van der Waals surface area contributed by atoms with Gasteiger partial charge in [-0.15, -0.1) is 0 Å². The van der Waals surface area contributed by atoms with E-state index in [1.807, 2.05) is 0 Å². The molecule has 214 valence electrons. The van der Waals surface area contributed by atoms with Gasteiger partial charge in [0.05, 0.1) is 0 Å². The molecule has 5 aromatic rings. The van der Waals surface area contributed by atoms with Crippen LogP contribution >= 0.6 is 0 Å². The molecule has 0 unspecified atom stereocenters. The van der Waals surface area contributed by atoms with E-state index in [9.17, 15) is 0 Å². The van der Waals surface area contributed by atoms with Gasteiger partial charge < -0.3 is 4.90 Å². The monoisotopic (exact) mass is 551 g/mol. The van der Waals surface area contributed by atoms with E-state index < -0.39 is 0 Å². The van der Waals surface area contributed by atoms with Crippen LogP contribution in [0.2, 0.25) is 0 Å². The van der Waals surface area contributed by atoms with E-state index in [2.05, 4.69) is 149 Å². The van der Waals surface area contributed by atoms with Crippen molar-refractivity contribution in [1.82, 2.24) is 0 Å². The zero-order valence-corrected chi connectivity index (χ0v) is 26.1. The van der Waals surface area contributed by atoms with E-state index in [4.69, 9.17) is 0 Å². The van der Waals surface area contributed by atoms with Gasteiger partial charge in [-0.1, -0.05) is 103 Å². The van der Waals surface area contributed by atoms with E-state index in [1.54, 1.807) is 11.1 Å². The average molecular weight is 552 g/mol. The molecule has 0 amide bonds. The molecule has 1 heteroatoms. The van der Waals surface area contributed by atoms with Crippen molar-refractivity contribution in [3.8, 4) is 0 Å². The van der Waals surface area contributed by atoms with Crippen molar-refractivity contribution < 1.29 is 0 Å². The average Bonchev–Trinajstić information content (AvgIpc) is 2.99. The quantitative estimate of drug-likeness (QED) is 0.210. The third kappa shape index (κ3) is 7.21. The second-order valence-corrected chi connectivity index (χ2v) is 11.8. The van der Waals surface area contributed by atoms with Gasteiger partial charge in [-0.2, -0.15) is 0 Å². The van der Waals surface area contributed by atoms with Crippen molar-refractivity contribution in [2.45, 2.75) is 73.1 Å². The van der Waals surface area contributed by atoms with E-state index in [0.29, 0.717) is 0 Å². The smallest absolute Gasteiger partial charge is 0.0464 e. The van der Waals surface area contributed by atoms with Crippen molar-refractivity contribution in [3.05, 3.63) is 159 Å². The molecule has 0 saturated heterocycles. The molecule has 0 aliphatic heterocycles. The first-order valence-corrected chi connectivity index (χ1v) is 15.6. The predicted molar refractivity (Wildman–Crippen MR) is 182 cm³/mol. The van der Waals surface area contributed by atoms with Crippen molar-refractivity contribution in [2.75, 3.05) is 4.90 Å². The van der Waals surface area contributed by atoms with Crippen LogP contribution in [0.3, 0.4) is 0 Å². The summed E-state index contributed by atoms with van der Waals surface area (Å²) in [6.45, 7) is 10.8. The molecule has 7 rings (SSSR count). The number of hydrogen-bond acceptors (Lipinski definition) is 1. The minimum Gasteiger partial charge on any atom is -0.310 e. The molecular formula is C41H45N. The van der Waals surface area contributed by atoms with Crippen LogP contribution in [-0.2, 0) is 38.5 Å². The number of fused-ring (bicyclic) bond motifs is 2. The summed E-state index contributed by atoms with van der Waals surface area (Å²) in [4.78, 5) is 2.36. The Morgan fingerprint density at radius 3 is 1.21 bits per heavy atom. The SMILES string of the molecule is CCc1ccc(C)cc1.CCc1ccc(N(c2ccc(C)cc2)c2ccc3c(c2)CC3)cc1.Cc1ccc2c(c1)CC2. The summed E-state index contributed by atoms with van der Waals surface area (Å²) in [5.41, 5.74) is 16.6. The third-order valence-electron chi connectivity index (χ3n) is 8.56. The van der Waals surface area contributed by atoms with Crippen LogP contribution in [0.4, 0.5) is 17.1 Å². The van der Waals surface area contributed by atoms with Crippen LogP contribution in [-0.4, -0.2) is 0 Å². The number of rotatable bonds is 5. The Morgan fingerprint density at radius 1 is 0.405 bits per heavy atom. The molecule has 0 heterocycles. The van der Waals surface area contributed by atoms with E-state index >= 15 is 0 Å². The van der Waals surface area contributed by atoms with Crippen molar-refractivity contribution in [3.63, 3.8) is 0 Å². The minimum absolute atomic E-state index is 1.07. The van der Waals surface area contributed by atoms with Gasteiger partial charge in [0.25, 0.3) is 0 Å². The molecule has 42 heavy (non-hydrogen) atoms. The molecular weight excluding hydrogens is 506 g/mol. The number of anilines is 3. The van der Waals surface area contributed by atoms with Gasteiger partial charge >= 0.3 is 0 Å². The second kappa shape index (κ2) is 13.7. The molecule has 0 N–H and O–H groups in total. The maximum Gasteiger partial charge on any atom is 0.0464 e. The maximum atomic E-state index is 2.36. The lowest BCUT2D eigenvalue weighted by atomic mass is 9.88. The Labute approximate surface area is 253 Å². The highest BCUT2D eigenvalue weighted by atomic mass is 15.1. The molecule has 0 saturated carbocycles. The Bertz CT molecular complexity index is 1590. The second-order valence-electron chi connectivity index (χ2n) is 11.8. The van der Waals surface area contributed by atoms with Crippen molar-refractivity contribution in [2.24, 2.45) is 0 Å². The third-order valence-corrected chi connectivity index (χ3v) is 8.56. The lowest BCUT2D eigenvalue weighted by molar-refractivity contribution is 0.837. The fourth-order valence-electron chi connectivity index (χ4n) is 5.49. The minimum atomic E-state index is 1.07. The standard InChI is InChI=1S/C23H23N.C9H10.C9H12/c1-3-18-6-13-22(14-7-18)24(21-11-4-17(2)5-12-21)23-15-10-19-8-9-20(19)16-23;1-7-2-3-8-4-5-9(8)6-7;1-3-9-6-4-8(2)5-7-9/h4-7,10-16H,3,8-9H2,1-2H3;2-3,6H,4-5H2,1H3;4-7H,3H2,1-2H3. The molecule has 1 nitrogen and oxygen atoms in total. The highest BCUT2D eigenvalue weighted by Crippen LogP contribution is 2.37. The van der Waals surface area contributed by atoms with Gasteiger partial charge in [-0.3, -0.25) is 0 Å². The van der Waals surface area contributed by atoms with Crippen LogP contribution in [0.25, 0.3) is 0 Å². The van der Waals surface area contributed by atoms with Crippen molar-refractivity contribution >= 4 is 17.1 Å². The highest BCUT2D eigenvalue weighted by Gasteiger charge is 2.18. The van der Waals surface area contributed by atoms with E-state index in [0.717, 1.165) is 12.8 Å². The van der Waals surface area contributed by atoms with Crippen LogP contribution in [0.1, 0.15) is 63.9 Å². The summed E-state index contributed by atoms with van der Waals surface area (Å²) in [5, 5.41) is 0. The Hall–Kier alpha value is -4.10. The number of hydrogen-bond donors (Lipinski definition) is 0. The summed E-state index contributed by atoms with van der Waals surface area (Å²) in [7, 11) is 0. The predicted octanol–water partition coefficient (Wildman–Crippen LogP) is 10.8. The van der Waals surface area contributed by atoms with Crippen LogP contribution in [0.15, 0.2) is 109 Å². The van der Waals surface area contributed by atoms with Crippen molar-refractivity contribution in [1.29, 1.82) is 0 Å². The van der Waals surface area contributed by atoms with Gasteiger partial charge in [0.1, 0.15) is 0 Å². The Kier molecular flexibility index (Phi) is 9.59. The lowest BCUT2D eigenvalue weighted by Crippen LogP contribution is -2.13. The highest BCUT2D eigenvalue weighted by molar-refractivity contribution is 5.77. The van der Waals surface area contributed by atoms with Gasteiger partial charge in [-0.25, -0.2) is 0 Å². The molecule has 5 aromatic carbocycles. The molecule has 2 aliphatic rings. The number of aryl methyl sites for hydroxylation is 9. The molecule has 0 atom stereocenters. The summed E-state index contributed by atoms with van der Waals surface area (Å²) in [6.07, 6.45) is 7.25. The van der Waals surface area contributed by atoms with E-state index in [-0.39, 0.29) is 0 Å². The van der Waals surface area contributed by atoms with E-state index in [1.165, 1.54) is 81.7 Å². The summed E-state index contributed by atoms with van der Waals surface area (Å²) >= 11 is 0. The fraction of sp³-hybridized carbons (Fsp3) is 0.268. The number of benzene rings is 5. The fourth-order valence-corrected chi connectivity index (χ4v) is 5.49. The van der Waals surface area contributed by atoms with Crippen LogP contribution < -0.4 is 4.90 Å². The molecule has 0 fully saturated rings. The lowest BCUT2D eigenvalue weighted by Gasteiger charge is -2.28. The van der Waals surface area contributed by atoms with Crippen LogP contribution in [0, 0.1) is 20.8 Å². The zero-order valence-electron chi connectivity index (χ0n) is 26.1. The molecule has 0 radical (unpaired) electrons. The van der Waals surface area contributed by atoms with Gasteiger partial charge in [0.2, 0.25) is 0 Å². The van der Waals surface area contributed by atoms with Gasteiger partial charge in [0.15, 0.2) is 0 Å². The molecule has 0 aromatic heterocycles. The van der Waals surface area contributed by atoms with Crippen LogP contribution in [0.5, 0.6) is 0 Å². The molecule has 0 spiro atoms. The zero-order chi connectivity index (χ0) is 29.5. The Balaban J connectivity index is 0.000000159. The summed E-state index contributed by atoms with van der Waals surface area (Å²) in [5.74, 6) is 0.